The van der Waals surface area contributed by atoms with Crippen LogP contribution in [0.15, 0.2) is 45.5 Å². The van der Waals surface area contributed by atoms with Gasteiger partial charge in [0.2, 0.25) is 0 Å². The molecule has 9 heteroatoms. The Balaban J connectivity index is 1.70. The van der Waals surface area contributed by atoms with Gasteiger partial charge in [0.05, 0.1) is 18.8 Å². The summed E-state index contributed by atoms with van der Waals surface area (Å²) in [5, 5.41) is 14.3. The number of nitrogens with one attached hydrogen (secondary N) is 1. The number of nitrogens with zero attached hydrogens (tertiary/aromatic N) is 4. The van der Waals surface area contributed by atoms with Crippen molar-refractivity contribution in [2.75, 3.05) is 6.61 Å². The first-order chi connectivity index (χ1) is 11.7. The molecule has 0 saturated heterocycles. The molecule has 124 valence electrons. The number of furan rings is 1. The molecule has 3 rings (SSSR count). The molecule has 8 nitrogen and oxygen atoms in total. The molecule has 1 N–H and O–H groups in total. The van der Waals surface area contributed by atoms with E-state index in [9.17, 15) is 4.79 Å². The van der Waals surface area contributed by atoms with Crippen molar-refractivity contribution in [2.24, 2.45) is 0 Å². The number of tetrazole rings is 1. The van der Waals surface area contributed by atoms with Crippen LogP contribution in [0.1, 0.15) is 23.3 Å². The summed E-state index contributed by atoms with van der Waals surface area (Å²) in [6.07, 6.45) is 0. The summed E-state index contributed by atoms with van der Waals surface area (Å²) in [5.74, 6) is 1.13. The molecule has 0 bridgehead atoms. The minimum atomic E-state index is -0.345. The summed E-state index contributed by atoms with van der Waals surface area (Å²) in [6, 6.07) is 10.6. The molecule has 0 fully saturated rings. The molecule has 0 spiro atoms. The maximum Gasteiger partial charge on any atom is 0.287 e. The summed E-state index contributed by atoms with van der Waals surface area (Å²) >= 11 is 3.16. The zero-order valence-corrected chi connectivity index (χ0v) is 14.4. The SMILES string of the molecule is CCOc1ccc(-n2nnnc2CNC(=O)c2ccc(Br)o2)cc1. The summed E-state index contributed by atoms with van der Waals surface area (Å²) < 4.78 is 12.6. The van der Waals surface area contributed by atoms with Gasteiger partial charge in [-0.05, 0) is 69.7 Å². The lowest BCUT2D eigenvalue weighted by molar-refractivity contribution is 0.0920. The number of rotatable bonds is 6. The van der Waals surface area contributed by atoms with Crippen molar-refractivity contribution in [1.82, 2.24) is 25.5 Å². The van der Waals surface area contributed by atoms with Gasteiger partial charge in [-0.3, -0.25) is 4.79 Å². The number of hydrogen-bond donors (Lipinski definition) is 1. The summed E-state index contributed by atoms with van der Waals surface area (Å²) in [4.78, 5) is 12.0. The molecule has 0 aliphatic heterocycles. The number of carbonyl (C=O) groups excluding carboxylic acids is 1. The average Bonchev–Trinajstić information content (AvgIpc) is 3.22. The van der Waals surface area contributed by atoms with E-state index in [1.807, 2.05) is 31.2 Å². The second-order valence-corrected chi connectivity index (χ2v) is 5.50. The third-order valence-corrected chi connectivity index (χ3v) is 3.56. The van der Waals surface area contributed by atoms with Gasteiger partial charge in [0.1, 0.15) is 5.75 Å². The van der Waals surface area contributed by atoms with Gasteiger partial charge in [-0.25, -0.2) is 0 Å². The van der Waals surface area contributed by atoms with E-state index < -0.39 is 0 Å². The first kappa shape index (κ1) is 16.2. The molecule has 0 aliphatic rings. The third-order valence-electron chi connectivity index (χ3n) is 3.13. The van der Waals surface area contributed by atoms with Gasteiger partial charge in [0.25, 0.3) is 5.91 Å². The van der Waals surface area contributed by atoms with Crippen LogP contribution in [-0.4, -0.2) is 32.7 Å². The lowest BCUT2D eigenvalue weighted by Crippen LogP contribution is -2.24. The van der Waals surface area contributed by atoms with Gasteiger partial charge in [0, 0.05) is 0 Å². The predicted octanol–water partition coefficient (Wildman–Crippen LogP) is 2.35. The van der Waals surface area contributed by atoms with E-state index in [2.05, 4.69) is 36.8 Å². The number of halogens is 1. The molecule has 0 aliphatic carbocycles. The monoisotopic (exact) mass is 391 g/mol. The normalized spacial score (nSPS) is 10.6. The highest BCUT2D eigenvalue weighted by atomic mass is 79.9. The second-order valence-electron chi connectivity index (χ2n) is 4.72. The quantitative estimate of drug-likeness (QED) is 0.692. The van der Waals surface area contributed by atoms with Crippen molar-refractivity contribution < 1.29 is 13.9 Å². The zero-order valence-electron chi connectivity index (χ0n) is 12.8. The largest absolute Gasteiger partial charge is 0.494 e. The van der Waals surface area contributed by atoms with E-state index in [0.717, 1.165) is 11.4 Å². The van der Waals surface area contributed by atoms with Crippen molar-refractivity contribution in [3.05, 3.63) is 52.7 Å². The van der Waals surface area contributed by atoms with E-state index in [4.69, 9.17) is 9.15 Å². The van der Waals surface area contributed by atoms with Crippen LogP contribution in [-0.2, 0) is 6.54 Å². The Hall–Kier alpha value is -2.68. The Kier molecular flexibility index (Phi) is 4.90. The van der Waals surface area contributed by atoms with Gasteiger partial charge in [-0.1, -0.05) is 0 Å². The Morgan fingerprint density at radius 2 is 2.08 bits per heavy atom. The second kappa shape index (κ2) is 7.26. The highest BCUT2D eigenvalue weighted by molar-refractivity contribution is 9.10. The molecule has 0 saturated carbocycles. The molecule has 2 heterocycles. The van der Waals surface area contributed by atoms with Gasteiger partial charge in [0.15, 0.2) is 16.3 Å². The van der Waals surface area contributed by atoms with Crippen LogP contribution < -0.4 is 10.1 Å². The number of hydrogen-bond acceptors (Lipinski definition) is 6. The lowest BCUT2D eigenvalue weighted by atomic mass is 10.3. The summed E-state index contributed by atoms with van der Waals surface area (Å²) in [5.41, 5.74) is 0.772. The fourth-order valence-electron chi connectivity index (χ4n) is 2.05. The first-order valence-corrected chi connectivity index (χ1v) is 8.00. The van der Waals surface area contributed by atoms with Crippen LogP contribution in [0.25, 0.3) is 5.69 Å². The number of carbonyl (C=O) groups is 1. The van der Waals surface area contributed by atoms with Crippen molar-refractivity contribution >= 4 is 21.8 Å². The first-order valence-electron chi connectivity index (χ1n) is 7.21. The van der Waals surface area contributed by atoms with Gasteiger partial charge >= 0.3 is 0 Å². The van der Waals surface area contributed by atoms with E-state index in [-0.39, 0.29) is 18.2 Å². The maximum atomic E-state index is 12.0. The Morgan fingerprint density at radius 1 is 1.29 bits per heavy atom. The molecule has 1 amide bonds. The predicted molar refractivity (Wildman–Crippen MR) is 87.9 cm³/mol. The van der Waals surface area contributed by atoms with Crippen molar-refractivity contribution in [3.63, 3.8) is 0 Å². The van der Waals surface area contributed by atoms with Crippen molar-refractivity contribution in [3.8, 4) is 11.4 Å². The molecular formula is C15H14BrN5O3. The van der Waals surface area contributed by atoms with Crippen LogP contribution in [0.4, 0.5) is 0 Å². The van der Waals surface area contributed by atoms with Crippen LogP contribution in [0.3, 0.4) is 0 Å². The minimum absolute atomic E-state index is 0.164. The van der Waals surface area contributed by atoms with Gasteiger partial charge < -0.3 is 14.5 Å². The Morgan fingerprint density at radius 3 is 2.75 bits per heavy atom. The van der Waals surface area contributed by atoms with E-state index in [0.29, 0.717) is 17.1 Å². The lowest BCUT2D eigenvalue weighted by Gasteiger charge is -2.07. The number of ether oxygens (including phenoxy) is 1. The zero-order chi connectivity index (χ0) is 16.9. The van der Waals surface area contributed by atoms with E-state index in [1.54, 1.807) is 16.8 Å². The highest BCUT2D eigenvalue weighted by Gasteiger charge is 2.13. The average molecular weight is 392 g/mol. The smallest absolute Gasteiger partial charge is 0.287 e. The molecule has 0 unspecified atom stereocenters. The maximum absolute atomic E-state index is 12.0. The molecule has 3 aromatic rings. The fraction of sp³-hybridized carbons (Fsp3) is 0.200. The molecule has 2 aromatic heterocycles. The number of amides is 1. The van der Waals surface area contributed by atoms with Crippen molar-refractivity contribution in [1.29, 1.82) is 0 Å². The molecule has 1 aromatic carbocycles. The van der Waals surface area contributed by atoms with Crippen LogP contribution in [0, 0.1) is 0 Å². The van der Waals surface area contributed by atoms with Gasteiger partial charge in [-0.15, -0.1) is 5.10 Å². The Bertz CT molecular complexity index is 828. The highest BCUT2D eigenvalue weighted by Crippen LogP contribution is 2.16. The molecule has 24 heavy (non-hydrogen) atoms. The van der Waals surface area contributed by atoms with Crippen LogP contribution in [0.2, 0.25) is 0 Å². The minimum Gasteiger partial charge on any atom is -0.494 e. The van der Waals surface area contributed by atoms with Gasteiger partial charge in [-0.2, -0.15) is 4.68 Å². The van der Waals surface area contributed by atoms with E-state index >= 15 is 0 Å². The van der Waals surface area contributed by atoms with Crippen LogP contribution >= 0.6 is 15.9 Å². The fourth-order valence-corrected chi connectivity index (χ4v) is 2.36. The molecular weight excluding hydrogens is 378 g/mol. The van der Waals surface area contributed by atoms with Crippen LogP contribution in [0.5, 0.6) is 5.75 Å². The topological polar surface area (TPSA) is 95.1 Å². The number of aromatic nitrogens is 4. The van der Waals surface area contributed by atoms with Crippen molar-refractivity contribution in [2.45, 2.75) is 13.5 Å². The van der Waals surface area contributed by atoms with E-state index in [1.165, 1.54) is 0 Å². The molecule has 0 radical (unpaired) electrons. The Labute approximate surface area is 145 Å². The summed E-state index contributed by atoms with van der Waals surface area (Å²) in [7, 11) is 0. The standard InChI is InChI=1S/C15H14BrN5O3/c1-2-23-11-5-3-10(4-6-11)21-14(18-19-20-21)9-17-15(22)12-7-8-13(16)24-12/h3-8H,2,9H2,1H3,(H,17,22). The number of benzene rings is 1. The third kappa shape index (κ3) is 3.62. The summed E-state index contributed by atoms with van der Waals surface area (Å²) in [6.45, 7) is 2.69. The molecule has 0 atom stereocenters.